The maximum Gasteiger partial charge on any atom is 0.0823 e. The van der Waals surface area contributed by atoms with Crippen LogP contribution >= 0.6 is 0 Å². The largest absolute Gasteiger partial charge is 0.305 e. The standard InChI is InChI=1S/C9H13N3/c1-2-7-4-6-5-10-12-9(6)8(3-1)11-7/h5,7-8,11H,1-4H2,(H,10,12). The van der Waals surface area contributed by atoms with Gasteiger partial charge in [-0.2, -0.15) is 5.10 Å². The van der Waals surface area contributed by atoms with Crippen molar-refractivity contribution < 1.29 is 0 Å². The minimum absolute atomic E-state index is 0.541. The molecule has 2 atom stereocenters. The third-order valence-electron chi connectivity index (χ3n) is 3.03. The number of hydrogen-bond acceptors (Lipinski definition) is 2. The van der Waals surface area contributed by atoms with E-state index in [4.69, 9.17) is 0 Å². The second-order valence-electron chi connectivity index (χ2n) is 3.85. The average Bonchev–Trinajstić information content (AvgIpc) is 2.53. The van der Waals surface area contributed by atoms with Gasteiger partial charge in [0, 0.05) is 12.2 Å². The van der Waals surface area contributed by atoms with Crippen LogP contribution in [0.5, 0.6) is 0 Å². The molecule has 2 N–H and O–H groups in total. The van der Waals surface area contributed by atoms with Crippen molar-refractivity contribution >= 4 is 0 Å². The molecule has 0 aliphatic carbocycles. The molecule has 3 nitrogen and oxygen atoms in total. The molecule has 0 radical (unpaired) electrons. The van der Waals surface area contributed by atoms with Crippen molar-refractivity contribution in [1.82, 2.24) is 15.5 Å². The number of nitrogens with one attached hydrogen (secondary N) is 2. The summed E-state index contributed by atoms with van der Waals surface area (Å²) in [7, 11) is 0. The Labute approximate surface area is 71.6 Å². The number of hydrogen-bond donors (Lipinski definition) is 2. The Morgan fingerprint density at radius 1 is 1.42 bits per heavy atom. The lowest BCUT2D eigenvalue weighted by atomic mass is 9.86. The monoisotopic (exact) mass is 163 g/mol. The van der Waals surface area contributed by atoms with Crippen LogP contribution in [0.4, 0.5) is 0 Å². The summed E-state index contributed by atoms with van der Waals surface area (Å²) in [5, 5.41) is 10.9. The molecule has 0 saturated carbocycles. The molecule has 1 fully saturated rings. The number of piperidine rings is 1. The van der Waals surface area contributed by atoms with Crippen LogP contribution in [0.2, 0.25) is 0 Å². The van der Waals surface area contributed by atoms with Gasteiger partial charge in [0.25, 0.3) is 0 Å². The van der Waals surface area contributed by atoms with Crippen LogP contribution in [0, 0.1) is 0 Å². The van der Waals surface area contributed by atoms with E-state index in [1.165, 1.54) is 36.9 Å². The SMILES string of the molecule is c1[nH]nc2c1CC1CCCC2N1. The second kappa shape index (κ2) is 2.33. The zero-order chi connectivity index (χ0) is 7.97. The molecule has 3 rings (SSSR count). The number of nitrogens with zero attached hydrogens (tertiary/aromatic N) is 1. The summed E-state index contributed by atoms with van der Waals surface area (Å²) in [5.41, 5.74) is 2.70. The molecule has 1 saturated heterocycles. The zero-order valence-electron chi connectivity index (χ0n) is 7.01. The fourth-order valence-corrected chi connectivity index (χ4v) is 2.45. The Bertz CT molecular complexity index is 292. The highest BCUT2D eigenvalue weighted by Gasteiger charge is 2.30. The Hall–Kier alpha value is -0.830. The summed E-state index contributed by atoms with van der Waals surface area (Å²) in [6.07, 6.45) is 7.17. The van der Waals surface area contributed by atoms with Gasteiger partial charge in [-0.05, 0) is 31.2 Å². The third kappa shape index (κ3) is 0.829. The fourth-order valence-electron chi connectivity index (χ4n) is 2.45. The van der Waals surface area contributed by atoms with Crippen molar-refractivity contribution in [2.45, 2.75) is 37.8 Å². The van der Waals surface area contributed by atoms with Gasteiger partial charge < -0.3 is 5.32 Å². The first-order chi connectivity index (χ1) is 5.93. The van der Waals surface area contributed by atoms with Crippen molar-refractivity contribution in [1.29, 1.82) is 0 Å². The van der Waals surface area contributed by atoms with Gasteiger partial charge in [-0.3, -0.25) is 5.10 Å². The smallest absolute Gasteiger partial charge is 0.0823 e. The fraction of sp³-hybridized carbons (Fsp3) is 0.667. The molecule has 2 aliphatic heterocycles. The van der Waals surface area contributed by atoms with Crippen LogP contribution in [0.25, 0.3) is 0 Å². The van der Waals surface area contributed by atoms with Crippen molar-refractivity contribution in [2.24, 2.45) is 0 Å². The van der Waals surface area contributed by atoms with Crippen LogP contribution in [0.15, 0.2) is 6.20 Å². The van der Waals surface area contributed by atoms with E-state index in [0.717, 1.165) is 0 Å². The third-order valence-corrected chi connectivity index (χ3v) is 3.03. The molecule has 64 valence electrons. The number of rotatable bonds is 0. The lowest BCUT2D eigenvalue weighted by Gasteiger charge is -2.34. The van der Waals surface area contributed by atoms with Crippen molar-refractivity contribution in [3.05, 3.63) is 17.5 Å². The average molecular weight is 163 g/mol. The second-order valence-corrected chi connectivity index (χ2v) is 3.85. The zero-order valence-corrected chi connectivity index (χ0v) is 7.01. The minimum atomic E-state index is 0.541. The maximum atomic E-state index is 4.29. The highest BCUT2D eigenvalue weighted by molar-refractivity contribution is 5.25. The normalized spacial score (nSPS) is 33.0. The lowest BCUT2D eigenvalue weighted by molar-refractivity contribution is 0.298. The summed E-state index contributed by atoms with van der Waals surface area (Å²) in [5.74, 6) is 0. The first-order valence-electron chi connectivity index (χ1n) is 4.72. The van der Waals surface area contributed by atoms with Crippen LogP contribution in [-0.4, -0.2) is 16.2 Å². The predicted molar refractivity (Wildman–Crippen MR) is 45.8 cm³/mol. The molecular weight excluding hydrogens is 150 g/mol. The van der Waals surface area contributed by atoms with E-state index in [2.05, 4.69) is 21.7 Å². The van der Waals surface area contributed by atoms with E-state index in [1.54, 1.807) is 0 Å². The molecule has 2 aliphatic rings. The molecule has 2 bridgehead atoms. The van der Waals surface area contributed by atoms with E-state index in [0.29, 0.717) is 12.1 Å². The highest BCUT2D eigenvalue weighted by Crippen LogP contribution is 2.32. The van der Waals surface area contributed by atoms with E-state index in [1.807, 2.05) is 0 Å². The van der Waals surface area contributed by atoms with E-state index in [-0.39, 0.29) is 0 Å². The molecule has 2 unspecified atom stereocenters. The van der Waals surface area contributed by atoms with Gasteiger partial charge in [0.05, 0.1) is 11.7 Å². The summed E-state index contributed by atoms with van der Waals surface area (Å²) in [4.78, 5) is 0. The maximum absolute atomic E-state index is 4.29. The molecule has 0 spiro atoms. The van der Waals surface area contributed by atoms with E-state index in [9.17, 15) is 0 Å². The summed E-state index contributed by atoms with van der Waals surface area (Å²) in [6.45, 7) is 0. The molecule has 0 amide bonds. The first kappa shape index (κ1) is 6.66. The Balaban J connectivity index is 2.04. The van der Waals surface area contributed by atoms with Gasteiger partial charge in [-0.25, -0.2) is 0 Å². The molecule has 1 aromatic heterocycles. The van der Waals surface area contributed by atoms with Crippen molar-refractivity contribution in [3.8, 4) is 0 Å². The minimum Gasteiger partial charge on any atom is -0.305 e. The van der Waals surface area contributed by atoms with Gasteiger partial charge in [0.15, 0.2) is 0 Å². The van der Waals surface area contributed by atoms with Crippen molar-refractivity contribution in [3.63, 3.8) is 0 Å². The number of H-pyrrole nitrogens is 1. The van der Waals surface area contributed by atoms with Crippen molar-refractivity contribution in [2.75, 3.05) is 0 Å². The summed E-state index contributed by atoms with van der Waals surface area (Å²) in [6, 6.07) is 1.26. The van der Waals surface area contributed by atoms with E-state index < -0.39 is 0 Å². The van der Waals surface area contributed by atoms with Gasteiger partial charge >= 0.3 is 0 Å². The van der Waals surface area contributed by atoms with Crippen LogP contribution in [-0.2, 0) is 6.42 Å². The molecule has 12 heavy (non-hydrogen) atoms. The van der Waals surface area contributed by atoms with Gasteiger partial charge in [0.2, 0.25) is 0 Å². The van der Waals surface area contributed by atoms with Gasteiger partial charge in [0.1, 0.15) is 0 Å². The van der Waals surface area contributed by atoms with Gasteiger partial charge in [-0.15, -0.1) is 0 Å². The molecule has 3 heteroatoms. The summed E-state index contributed by atoms with van der Waals surface area (Å²) >= 11 is 0. The molecular formula is C9H13N3. The Morgan fingerprint density at radius 2 is 2.42 bits per heavy atom. The van der Waals surface area contributed by atoms with E-state index >= 15 is 0 Å². The number of aromatic amines is 1. The molecule has 3 heterocycles. The van der Waals surface area contributed by atoms with Crippen LogP contribution in [0.1, 0.15) is 36.6 Å². The lowest BCUT2D eigenvalue weighted by Crippen LogP contribution is -2.42. The topological polar surface area (TPSA) is 40.7 Å². The quantitative estimate of drug-likeness (QED) is 0.602. The van der Waals surface area contributed by atoms with Crippen LogP contribution in [0.3, 0.4) is 0 Å². The highest BCUT2D eigenvalue weighted by atomic mass is 15.1. The van der Waals surface area contributed by atoms with Gasteiger partial charge in [-0.1, -0.05) is 0 Å². The Morgan fingerprint density at radius 3 is 3.42 bits per heavy atom. The number of aromatic nitrogens is 2. The Kier molecular flexibility index (Phi) is 1.29. The first-order valence-corrected chi connectivity index (χ1v) is 4.72. The molecule has 0 aromatic carbocycles. The summed E-state index contributed by atoms with van der Waals surface area (Å²) < 4.78 is 0. The van der Waals surface area contributed by atoms with Crippen LogP contribution < -0.4 is 5.32 Å². The number of fused-ring (bicyclic) bond motifs is 4. The molecule has 1 aromatic rings. The predicted octanol–water partition coefficient (Wildman–Crippen LogP) is 1.15.